The van der Waals surface area contributed by atoms with Crippen LogP contribution in [-0.2, 0) is 38.1 Å². The third-order valence-corrected chi connectivity index (χ3v) is 17.6. The average Bonchev–Trinajstić information content (AvgIpc) is 2.12. The molecule has 12 nitrogen and oxygen atoms in total. The molecule has 0 fully saturated rings. The van der Waals surface area contributed by atoms with Crippen LogP contribution in [0.25, 0.3) is 0 Å². The quantitative estimate of drug-likeness (QED) is 0.0243. The van der Waals surface area contributed by atoms with E-state index in [-0.39, 0.29) is 25.7 Å². The minimum absolute atomic E-state index is 0.0485. The largest absolute Gasteiger partial charge is 0.463 e. The predicted octanol–water partition coefficient (Wildman–Crippen LogP) is 15.7. The Balaban J connectivity index is 2.03. The van der Waals surface area contributed by atoms with E-state index >= 15 is 19.2 Å². The van der Waals surface area contributed by atoms with Gasteiger partial charge in [0.1, 0.15) is 31.8 Å². The van der Waals surface area contributed by atoms with E-state index in [1.54, 1.807) is 0 Å². The summed E-state index contributed by atoms with van der Waals surface area (Å²) >= 11 is 0. The van der Waals surface area contributed by atoms with Crippen molar-refractivity contribution >= 4 is 23.9 Å². The number of unbranched alkanes of at least 4 members (excludes halogenated alkanes) is 8. The summed E-state index contributed by atoms with van der Waals surface area (Å²) in [6.45, 7) is 13.2. The molecule has 0 bridgehead atoms. The molecule has 85 heavy (non-hydrogen) atoms. The highest BCUT2D eigenvalue weighted by molar-refractivity contribution is 5.83. The van der Waals surface area contributed by atoms with Crippen LogP contribution in [0.3, 0.4) is 0 Å². The molecule has 472 valence electrons. The summed E-state index contributed by atoms with van der Waals surface area (Å²) in [6.07, 6.45) is 12.5. The van der Waals surface area contributed by atoms with Gasteiger partial charge in [0, 0.05) is 23.7 Å². The van der Waals surface area contributed by atoms with Gasteiger partial charge in [0.15, 0.2) is 22.4 Å². The van der Waals surface area contributed by atoms with Crippen molar-refractivity contribution in [1.82, 2.24) is 0 Å². The van der Waals surface area contributed by atoms with Crippen LogP contribution in [0.4, 0.5) is 0 Å². The first kappa shape index (κ1) is 72.1. The lowest BCUT2D eigenvalue weighted by Gasteiger charge is -2.40. The minimum Gasteiger partial charge on any atom is -0.463 e. The normalized spacial score (nSPS) is 16.6. The van der Waals surface area contributed by atoms with Gasteiger partial charge in [0.05, 0.1) is 0 Å². The van der Waals surface area contributed by atoms with E-state index in [0.29, 0.717) is 103 Å². The summed E-state index contributed by atoms with van der Waals surface area (Å²) in [6, 6.07) is 37.6. The van der Waals surface area contributed by atoms with Gasteiger partial charge < -0.3 is 39.4 Å². The smallest absolute Gasteiger partial charge is 0.338 e. The zero-order valence-electron chi connectivity index (χ0n) is 53.2. The fourth-order valence-corrected chi connectivity index (χ4v) is 12.2. The van der Waals surface area contributed by atoms with Gasteiger partial charge >= 0.3 is 23.9 Å². The number of ether oxygens (including phenoxy) is 4. The molecule has 0 saturated heterocycles. The van der Waals surface area contributed by atoms with Gasteiger partial charge in [-0.25, -0.2) is 19.2 Å². The molecule has 4 aromatic rings. The molecule has 8 atom stereocenters. The zero-order chi connectivity index (χ0) is 62.2. The third-order valence-electron chi connectivity index (χ3n) is 17.6. The molecule has 4 N–H and O–H groups in total. The standard InChI is InChI=1S/C73H108O12/c1-9-17-45-61(57-37-29-25-30-38-57)70(78,49-21-13-5)65(74)82-53-69(54-83-66(75)71(79,50-22-14-6)62(46-18-10-2)58-39-31-26-32-40-58,55-84-67(76)72(80,51-23-15-7)63(47-19-11-3)59-41-33-27-34-42-59)56-85-68(77)73(81,52-24-16-8)64(48-20-12-4)60-43-35-28-36-44-60/h25-44,61-64,78-81H,9-24,45-56H2,1-8H3. The molecule has 12 heteroatoms. The number of carbonyl (C=O) groups is 4. The van der Waals surface area contributed by atoms with E-state index in [1.165, 1.54) is 0 Å². The van der Waals surface area contributed by atoms with Crippen molar-refractivity contribution in [3.8, 4) is 0 Å². The van der Waals surface area contributed by atoms with E-state index in [9.17, 15) is 20.4 Å². The van der Waals surface area contributed by atoms with E-state index in [4.69, 9.17) is 18.9 Å². The van der Waals surface area contributed by atoms with E-state index < -0.39 is 102 Å². The lowest BCUT2D eigenvalue weighted by atomic mass is 9.75. The van der Waals surface area contributed by atoms with Crippen LogP contribution in [0.2, 0.25) is 0 Å². The summed E-state index contributed by atoms with van der Waals surface area (Å²) < 4.78 is 25.8. The molecular weight excluding hydrogens is 1070 g/mol. The molecule has 0 aliphatic heterocycles. The molecular formula is C73H108O12. The van der Waals surface area contributed by atoms with Crippen molar-refractivity contribution in [2.75, 3.05) is 26.4 Å². The van der Waals surface area contributed by atoms with Crippen molar-refractivity contribution in [3.63, 3.8) is 0 Å². The summed E-state index contributed by atoms with van der Waals surface area (Å²) in [5, 5.41) is 52.2. The highest BCUT2D eigenvalue weighted by Crippen LogP contribution is 2.44. The molecule has 0 aliphatic rings. The van der Waals surface area contributed by atoms with Crippen molar-refractivity contribution < 1.29 is 58.6 Å². The Hall–Kier alpha value is -5.40. The number of carbonyl (C=O) groups excluding carboxylic acids is 4. The topological polar surface area (TPSA) is 186 Å². The van der Waals surface area contributed by atoms with Crippen molar-refractivity contribution in [2.45, 2.75) is 256 Å². The summed E-state index contributed by atoms with van der Waals surface area (Å²) in [4.78, 5) is 61.5. The first-order valence-electron chi connectivity index (χ1n) is 32.8. The Morgan fingerprint density at radius 2 is 0.482 bits per heavy atom. The molecule has 0 aliphatic carbocycles. The fraction of sp³-hybridized carbons (Fsp3) is 0.616. The molecule has 0 heterocycles. The number of esters is 4. The second-order valence-corrected chi connectivity index (χ2v) is 24.3. The van der Waals surface area contributed by atoms with Gasteiger partial charge in [0.2, 0.25) is 0 Å². The lowest BCUT2D eigenvalue weighted by molar-refractivity contribution is -0.197. The molecule has 0 aromatic heterocycles. The number of rotatable bonds is 44. The van der Waals surface area contributed by atoms with Gasteiger partial charge in [-0.3, -0.25) is 0 Å². The number of hydrogen-bond acceptors (Lipinski definition) is 12. The molecule has 0 saturated carbocycles. The zero-order valence-corrected chi connectivity index (χ0v) is 53.2. The first-order valence-corrected chi connectivity index (χ1v) is 32.8. The van der Waals surface area contributed by atoms with Crippen LogP contribution >= 0.6 is 0 Å². The van der Waals surface area contributed by atoms with Crippen LogP contribution < -0.4 is 0 Å². The van der Waals surface area contributed by atoms with E-state index in [1.807, 2.05) is 177 Å². The molecule has 0 spiro atoms. The first-order chi connectivity index (χ1) is 41.0. The van der Waals surface area contributed by atoms with Crippen LogP contribution in [0.15, 0.2) is 121 Å². The van der Waals surface area contributed by atoms with Crippen LogP contribution in [0.1, 0.15) is 255 Å². The Morgan fingerprint density at radius 3 is 0.647 bits per heavy atom. The Labute approximate surface area is 511 Å². The van der Waals surface area contributed by atoms with Crippen molar-refractivity contribution in [2.24, 2.45) is 5.41 Å². The highest BCUT2D eigenvalue weighted by atomic mass is 16.6. The number of hydrogen-bond donors (Lipinski definition) is 4. The van der Waals surface area contributed by atoms with Crippen molar-refractivity contribution in [3.05, 3.63) is 144 Å². The maximum Gasteiger partial charge on any atom is 0.338 e. The van der Waals surface area contributed by atoms with Crippen LogP contribution in [-0.4, -0.2) is 93.1 Å². The van der Waals surface area contributed by atoms with Crippen molar-refractivity contribution in [1.29, 1.82) is 0 Å². The minimum atomic E-state index is -2.07. The second-order valence-electron chi connectivity index (χ2n) is 24.3. The second kappa shape index (κ2) is 37.3. The third kappa shape index (κ3) is 20.3. The lowest BCUT2D eigenvalue weighted by Crippen LogP contribution is -2.53. The van der Waals surface area contributed by atoms with E-state index in [2.05, 4.69) is 0 Å². The predicted molar refractivity (Wildman–Crippen MR) is 339 cm³/mol. The molecule has 4 aromatic carbocycles. The Kier molecular flexibility index (Phi) is 31.7. The van der Waals surface area contributed by atoms with Gasteiger partial charge in [-0.2, -0.15) is 0 Å². The number of benzene rings is 4. The van der Waals surface area contributed by atoms with E-state index in [0.717, 1.165) is 47.9 Å². The highest BCUT2D eigenvalue weighted by Gasteiger charge is 2.53. The van der Waals surface area contributed by atoms with Gasteiger partial charge in [-0.05, 0) is 73.6 Å². The maximum absolute atomic E-state index is 15.4. The molecule has 0 radical (unpaired) electrons. The monoisotopic (exact) mass is 1180 g/mol. The SMILES string of the molecule is CCCCC(c1ccccc1)C(O)(CCCC)C(=O)OCC(COC(=O)C(O)(CCCC)C(CCCC)c1ccccc1)(COC(=O)C(O)(CCCC)C(CCCC)c1ccccc1)COC(=O)C(O)(CCCC)C(CCCC)c1ccccc1. The fourth-order valence-electron chi connectivity index (χ4n) is 12.2. The average molecular weight is 1180 g/mol. The maximum atomic E-state index is 15.4. The number of aliphatic hydroxyl groups is 4. The van der Waals surface area contributed by atoms with Crippen LogP contribution in [0, 0.1) is 5.41 Å². The Bertz CT molecular complexity index is 2140. The van der Waals surface area contributed by atoms with Gasteiger partial charge in [0.25, 0.3) is 0 Å². The van der Waals surface area contributed by atoms with Crippen LogP contribution in [0.5, 0.6) is 0 Å². The molecule has 4 rings (SSSR count). The van der Waals surface area contributed by atoms with Gasteiger partial charge in [-0.1, -0.05) is 279 Å². The molecule has 8 unspecified atom stereocenters. The summed E-state index contributed by atoms with van der Waals surface area (Å²) in [5.41, 5.74) is -7.26. The molecule has 0 amide bonds. The van der Waals surface area contributed by atoms with Gasteiger partial charge in [-0.15, -0.1) is 0 Å². The summed E-state index contributed by atoms with van der Waals surface area (Å²) in [5.74, 6) is -6.63. The Morgan fingerprint density at radius 1 is 0.306 bits per heavy atom. The summed E-state index contributed by atoms with van der Waals surface area (Å²) in [7, 11) is 0.